The molecule has 2 aliphatic rings. The highest BCUT2D eigenvalue weighted by Crippen LogP contribution is 2.27. The predicted molar refractivity (Wildman–Crippen MR) is 82.0 cm³/mol. The van der Waals surface area contributed by atoms with E-state index < -0.39 is 0 Å². The van der Waals surface area contributed by atoms with Crippen molar-refractivity contribution >= 4 is 11.8 Å². The Morgan fingerprint density at radius 1 is 1.35 bits per heavy atom. The Labute approximate surface area is 133 Å². The minimum absolute atomic E-state index is 0.0340. The minimum atomic E-state index is -0.0340. The van der Waals surface area contributed by atoms with Crippen molar-refractivity contribution in [2.24, 2.45) is 5.92 Å². The molecule has 2 aliphatic heterocycles. The number of fused-ring (bicyclic) bond motifs is 1. The Balaban J connectivity index is 1.56. The molecule has 2 saturated heterocycles. The summed E-state index contributed by atoms with van der Waals surface area (Å²) in [6, 6.07) is 5.67. The van der Waals surface area contributed by atoms with E-state index in [1.165, 1.54) is 0 Å². The molecule has 0 unspecified atom stereocenters. The lowest BCUT2D eigenvalue weighted by Crippen LogP contribution is -2.35. The van der Waals surface area contributed by atoms with Gasteiger partial charge in [-0.05, 0) is 19.1 Å². The molecule has 2 aromatic rings. The summed E-state index contributed by atoms with van der Waals surface area (Å²) < 4.78 is 1.67. The maximum atomic E-state index is 12.8. The Hall–Kier alpha value is -2.70. The van der Waals surface area contributed by atoms with Crippen LogP contribution in [0.15, 0.2) is 30.6 Å². The Bertz CT molecular complexity index is 754. The molecular weight excluding hydrogens is 294 g/mol. The lowest BCUT2D eigenvalue weighted by molar-refractivity contribution is -0.119. The molecular formula is C16H17N5O2. The zero-order chi connectivity index (χ0) is 16.0. The van der Waals surface area contributed by atoms with Crippen molar-refractivity contribution in [1.29, 1.82) is 0 Å². The predicted octanol–water partition coefficient (Wildman–Crippen LogP) is 0.536. The van der Waals surface area contributed by atoms with E-state index >= 15 is 0 Å². The summed E-state index contributed by atoms with van der Waals surface area (Å²) in [7, 11) is 0. The first-order valence-corrected chi connectivity index (χ1v) is 7.68. The summed E-state index contributed by atoms with van der Waals surface area (Å²) in [5.74, 6) is 0.978. The number of likely N-dealkylation sites (tertiary alicyclic amines) is 1. The average Bonchev–Trinajstić information content (AvgIpc) is 3.20. The van der Waals surface area contributed by atoms with E-state index in [9.17, 15) is 9.59 Å². The average molecular weight is 311 g/mol. The third-order valence-electron chi connectivity index (χ3n) is 4.63. The monoisotopic (exact) mass is 311 g/mol. The Morgan fingerprint density at radius 2 is 2.22 bits per heavy atom. The summed E-state index contributed by atoms with van der Waals surface area (Å²) >= 11 is 0. The van der Waals surface area contributed by atoms with E-state index in [4.69, 9.17) is 0 Å². The van der Waals surface area contributed by atoms with Crippen molar-refractivity contribution in [3.8, 4) is 5.82 Å². The second-order valence-electron chi connectivity index (χ2n) is 6.09. The number of nitrogens with zero attached hydrogens (tertiary/aromatic N) is 4. The molecule has 4 heterocycles. The van der Waals surface area contributed by atoms with Crippen molar-refractivity contribution in [1.82, 2.24) is 25.0 Å². The van der Waals surface area contributed by atoms with Gasteiger partial charge in [-0.2, -0.15) is 5.10 Å². The standard InChI is InChI=1S/C16H17N5O2/c1-10-12(7-18-21(10)14-4-2-3-5-17-14)16(23)20-8-11-6-15(22)19-13(11)9-20/h2-5,7,11,13H,6,8-9H2,1H3,(H,19,22)/t11-,13+/m0/s1. The molecule has 0 bridgehead atoms. The first-order chi connectivity index (χ1) is 11.1. The number of hydrogen-bond acceptors (Lipinski definition) is 4. The molecule has 0 radical (unpaired) electrons. The number of pyridine rings is 1. The maximum absolute atomic E-state index is 12.8. The van der Waals surface area contributed by atoms with Gasteiger partial charge >= 0.3 is 0 Å². The van der Waals surface area contributed by atoms with Gasteiger partial charge in [0.25, 0.3) is 5.91 Å². The number of nitrogens with one attached hydrogen (secondary N) is 1. The van der Waals surface area contributed by atoms with Gasteiger partial charge in [-0.1, -0.05) is 6.07 Å². The van der Waals surface area contributed by atoms with Gasteiger partial charge in [-0.3, -0.25) is 9.59 Å². The quantitative estimate of drug-likeness (QED) is 0.877. The van der Waals surface area contributed by atoms with Gasteiger partial charge in [0.05, 0.1) is 23.5 Å². The van der Waals surface area contributed by atoms with Gasteiger partial charge in [0.1, 0.15) is 0 Å². The van der Waals surface area contributed by atoms with E-state index in [0.29, 0.717) is 30.9 Å². The molecule has 2 aromatic heterocycles. The molecule has 7 heteroatoms. The van der Waals surface area contributed by atoms with E-state index in [1.54, 1.807) is 17.1 Å². The molecule has 7 nitrogen and oxygen atoms in total. The van der Waals surface area contributed by atoms with Crippen LogP contribution in [0.4, 0.5) is 0 Å². The molecule has 0 saturated carbocycles. The summed E-state index contributed by atoms with van der Waals surface area (Å²) in [5.41, 5.74) is 1.36. The molecule has 23 heavy (non-hydrogen) atoms. The second kappa shape index (κ2) is 5.19. The SMILES string of the molecule is Cc1c(C(=O)N2C[C@@H]3CC(=O)N[C@@H]3C2)cnn1-c1ccccn1. The minimum Gasteiger partial charge on any atom is -0.351 e. The van der Waals surface area contributed by atoms with Gasteiger partial charge in [-0.25, -0.2) is 9.67 Å². The topological polar surface area (TPSA) is 80.1 Å². The van der Waals surface area contributed by atoms with Crippen molar-refractivity contribution in [2.75, 3.05) is 13.1 Å². The molecule has 2 fully saturated rings. The number of hydrogen-bond donors (Lipinski definition) is 1. The Kier molecular flexibility index (Phi) is 3.14. The molecule has 0 aromatic carbocycles. The van der Waals surface area contributed by atoms with Gasteiger partial charge < -0.3 is 10.2 Å². The van der Waals surface area contributed by atoms with Crippen LogP contribution < -0.4 is 5.32 Å². The number of rotatable bonds is 2. The van der Waals surface area contributed by atoms with Crippen LogP contribution in [0.25, 0.3) is 5.82 Å². The van der Waals surface area contributed by atoms with Gasteiger partial charge in [0.15, 0.2) is 5.82 Å². The third kappa shape index (κ3) is 2.28. The fourth-order valence-electron chi connectivity index (χ4n) is 3.41. The zero-order valence-electron chi connectivity index (χ0n) is 12.8. The molecule has 118 valence electrons. The highest BCUT2D eigenvalue weighted by atomic mass is 16.2. The fraction of sp³-hybridized carbons (Fsp3) is 0.375. The lowest BCUT2D eigenvalue weighted by Gasteiger charge is -2.17. The van der Waals surface area contributed by atoms with E-state index in [2.05, 4.69) is 15.4 Å². The van der Waals surface area contributed by atoms with E-state index in [1.807, 2.05) is 30.0 Å². The van der Waals surface area contributed by atoms with Crippen LogP contribution in [-0.2, 0) is 4.79 Å². The molecule has 2 amide bonds. The van der Waals surface area contributed by atoms with Gasteiger partial charge in [0.2, 0.25) is 5.91 Å². The summed E-state index contributed by atoms with van der Waals surface area (Å²) in [6.45, 7) is 3.06. The van der Waals surface area contributed by atoms with Gasteiger partial charge in [-0.15, -0.1) is 0 Å². The molecule has 2 atom stereocenters. The van der Waals surface area contributed by atoms with Crippen LogP contribution in [0.1, 0.15) is 22.5 Å². The first kappa shape index (κ1) is 13.9. The molecule has 0 spiro atoms. The smallest absolute Gasteiger partial charge is 0.257 e. The summed E-state index contributed by atoms with van der Waals surface area (Å²) in [6.07, 6.45) is 3.81. The summed E-state index contributed by atoms with van der Waals surface area (Å²) in [5, 5.41) is 7.23. The Morgan fingerprint density at radius 3 is 2.96 bits per heavy atom. The van der Waals surface area contributed by atoms with Crippen molar-refractivity contribution in [3.63, 3.8) is 0 Å². The van der Waals surface area contributed by atoms with E-state index in [-0.39, 0.29) is 23.8 Å². The zero-order valence-corrected chi connectivity index (χ0v) is 12.8. The van der Waals surface area contributed by atoms with Crippen LogP contribution in [0, 0.1) is 12.8 Å². The van der Waals surface area contributed by atoms with Crippen LogP contribution in [0.3, 0.4) is 0 Å². The number of aromatic nitrogens is 3. The number of carbonyl (C=O) groups excluding carboxylic acids is 2. The maximum Gasteiger partial charge on any atom is 0.257 e. The normalized spacial score (nSPS) is 23.0. The van der Waals surface area contributed by atoms with E-state index in [0.717, 1.165) is 5.69 Å². The molecule has 0 aliphatic carbocycles. The number of amides is 2. The van der Waals surface area contributed by atoms with Crippen LogP contribution >= 0.6 is 0 Å². The van der Waals surface area contributed by atoms with Crippen LogP contribution in [0.2, 0.25) is 0 Å². The fourth-order valence-corrected chi connectivity index (χ4v) is 3.41. The van der Waals surface area contributed by atoms with Crippen molar-refractivity contribution in [2.45, 2.75) is 19.4 Å². The molecule has 4 rings (SSSR count). The number of carbonyl (C=O) groups is 2. The van der Waals surface area contributed by atoms with Crippen LogP contribution in [-0.4, -0.2) is 50.6 Å². The largest absolute Gasteiger partial charge is 0.351 e. The highest BCUT2D eigenvalue weighted by molar-refractivity contribution is 5.95. The van der Waals surface area contributed by atoms with Crippen molar-refractivity contribution in [3.05, 3.63) is 41.9 Å². The second-order valence-corrected chi connectivity index (χ2v) is 6.09. The van der Waals surface area contributed by atoms with Gasteiger partial charge in [0, 0.05) is 31.6 Å². The highest BCUT2D eigenvalue weighted by Gasteiger charge is 2.42. The third-order valence-corrected chi connectivity index (χ3v) is 4.63. The summed E-state index contributed by atoms with van der Waals surface area (Å²) in [4.78, 5) is 30.2. The molecule has 1 N–H and O–H groups in total. The van der Waals surface area contributed by atoms with Crippen molar-refractivity contribution < 1.29 is 9.59 Å². The van der Waals surface area contributed by atoms with Crippen LogP contribution in [0.5, 0.6) is 0 Å². The first-order valence-electron chi connectivity index (χ1n) is 7.68. The lowest BCUT2D eigenvalue weighted by atomic mass is 10.1.